The summed E-state index contributed by atoms with van der Waals surface area (Å²) in [7, 11) is 3.03. The Morgan fingerprint density at radius 2 is 2.09 bits per heavy atom. The Bertz CT molecular complexity index is 555. The Labute approximate surface area is 130 Å². The summed E-state index contributed by atoms with van der Waals surface area (Å²) < 4.78 is 10.1. The first kappa shape index (κ1) is 16.5. The largest absolute Gasteiger partial charge is 0.354 e. The minimum atomic E-state index is -0.478. The van der Waals surface area contributed by atoms with E-state index in [4.69, 9.17) is 9.47 Å². The summed E-state index contributed by atoms with van der Waals surface area (Å²) >= 11 is 0. The van der Waals surface area contributed by atoms with E-state index in [-0.39, 0.29) is 18.4 Å². The number of aryl methyl sites for hydroxylation is 1. The lowest BCUT2D eigenvalue weighted by Gasteiger charge is -2.19. The number of hydrogen-bond acceptors (Lipinski definition) is 4. The lowest BCUT2D eigenvalue weighted by atomic mass is 10.1. The van der Waals surface area contributed by atoms with Gasteiger partial charge in [0.05, 0.1) is 6.54 Å². The van der Waals surface area contributed by atoms with Gasteiger partial charge in [0.15, 0.2) is 6.29 Å². The second-order valence-corrected chi connectivity index (χ2v) is 5.26. The summed E-state index contributed by atoms with van der Waals surface area (Å²) in [6, 6.07) is 5.38. The van der Waals surface area contributed by atoms with Crippen molar-refractivity contribution in [2.45, 2.75) is 26.1 Å². The van der Waals surface area contributed by atoms with Crippen LogP contribution in [0.3, 0.4) is 0 Å². The smallest absolute Gasteiger partial charge is 0.251 e. The van der Waals surface area contributed by atoms with Crippen LogP contribution in [-0.4, -0.2) is 45.4 Å². The minimum absolute atomic E-state index is 0.111. The standard InChI is InChI=1S/C16H22N2O4/c1-11-6-7-12(16(20)17-10-15(21-2)22-3)9-13(11)18-8-4-5-14(18)19/h6-7,9,15H,4-5,8,10H2,1-3H3,(H,17,20). The zero-order valence-electron chi connectivity index (χ0n) is 13.2. The molecule has 0 aliphatic carbocycles. The molecule has 1 aromatic carbocycles. The monoisotopic (exact) mass is 306 g/mol. The molecule has 6 heteroatoms. The maximum Gasteiger partial charge on any atom is 0.251 e. The van der Waals surface area contributed by atoms with E-state index in [1.165, 1.54) is 14.2 Å². The summed E-state index contributed by atoms with van der Waals surface area (Å²) in [5.41, 5.74) is 2.31. The number of benzene rings is 1. The van der Waals surface area contributed by atoms with Gasteiger partial charge < -0.3 is 19.7 Å². The van der Waals surface area contributed by atoms with Crippen LogP contribution in [0.5, 0.6) is 0 Å². The molecule has 0 radical (unpaired) electrons. The summed E-state index contributed by atoms with van der Waals surface area (Å²) in [5.74, 6) is -0.105. The molecular formula is C16H22N2O4. The number of amides is 2. The van der Waals surface area contributed by atoms with Crippen molar-refractivity contribution >= 4 is 17.5 Å². The molecule has 1 fully saturated rings. The van der Waals surface area contributed by atoms with Crippen molar-refractivity contribution in [1.82, 2.24) is 5.32 Å². The number of hydrogen-bond donors (Lipinski definition) is 1. The lowest BCUT2D eigenvalue weighted by molar-refractivity contribution is -0.117. The number of methoxy groups -OCH3 is 2. The van der Waals surface area contributed by atoms with E-state index >= 15 is 0 Å². The topological polar surface area (TPSA) is 67.9 Å². The van der Waals surface area contributed by atoms with E-state index in [1.807, 2.05) is 13.0 Å². The third kappa shape index (κ3) is 3.64. The van der Waals surface area contributed by atoms with Gasteiger partial charge >= 0.3 is 0 Å². The average Bonchev–Trinajstić information content (AvgIpc) is 2.94. The highest BCUT2D eigenvalue weighted by molar-refractivity contribution is 5.99. The fourth-order valence-electron chi connectivity index (χ4n) is 2.49. The van der Waals surface area contributed by atoms with Crippen LogP contribution in [0.4, 0.5) is 5.69 Å². The zero-order chi connectivity index (χ0) is 16.1. The molecule has 0 bridgehead atoms. The molecule has 6 nitrogen and oxygen atoms in total. The SMILES string of the molecule is COC(CNC(=O)c1ccc(C)c(N2CCCC2=O)c1)OC. The average molecular weight is 306 g/mol. The Hall–Kier alpha value is -1.92. The Morgan fingerprint density at radius 1 is 1.36 bits per heavy atom. The molecule has 2 rings (SSSR count). The number of anilines is 1. The molecule has 1 N–H and O–H groups in total. The molecule has 0 spiro atoms. The van der Waals surface area contributed by atoms with Crippen molar-refractivity contribution in [2.75, 3.05) is 32.2 Å². The minimum Gasteiger partial charge on any atom is -0.354 e. The molecule has 1 aliphatic heterocycles. The number of rotatable bonds is 6. The number of carbonyl (C=O) groups is 2. The number of carbonyl (C=O) groups excluding carboxylic acids is 2. The molecular weight excluding hydrogens is 284 g/mol. The number of nitrogens with zero attached hydrogens (tertiary/aromatic N) is 1. The van der Waals surface area contributed by atoms with Gasteiger partial charge in [-0.2, -0.15) is 0 Å². The first-order valence-corrected chi connectivity index (χ1v) is 7.31. The Balaban J connectivity index is 2.11. The maximum atomic E-state index is 12.2. The van der Waals surface area contributed by atoms with Gasteiger partial charge in [0.2, 0.25) is 5.91 Å². The maximum absolute atomic E-state index is 12.2. The van der Waals surface area contributed by atoms with Gasteiger partial charge in [0.1, 0.15) is 0 Å². The van der Waals surface area contributed by atoms with Crippen LogP contribution >= 0.6 is 0 Å². The van der Waals surface area contributed by atoms with E-state index in [0.717, 1.165) is 17.7 Å². The highest BCUT2D eigenvalue weighted by Gasteiger charge is 2.23. The van der Waals surface area contributed by atoms with Crippen LogP contribution in [-0.2, 0) is 14.3 Å². The molecule has 0 atom stereocenters. The molecule has 0 unspecified atom stereocenters. The van der Waals surface area contributed by atoms with Crippen LogP contribution in [0, 0.1) is 6.92 Å². The first-order chi connectivity index (χ1) is 10.6. The molecule has 1 saturated heterocycles. The van der Waals surface area contributed by atoms with E-state index in [0.29, 0.717) is 18.5 Å². The molecule has 1 aromatic rings. The Morgan fingerprint density at radius 3 is 2.68 bits per heavy atom. The molecule has 0 saturated carbocycles. The first-order valence-electron chi connectivity index (χ1n) is 7.31. The van der Waals surface area contributed by atoms with Crippen molar-refractivity contribution in [2.24, 2.45) is 0 Å². The van der Waals surface area contributed by atoms with Crippen molar-refractivity contribution in [1.29, 1.82) is 0 Å². The number of ether oxygens (including phenoxy) is 2. The van der Waals surface area contributed by atoms with E-state index in [1.54, 1.807) is 17.0 Å². The molecule has 120 valence electrons. The second-order valence-electron chi connectivity index (χ2n) is 5.26. The lowest BCUT2D eigenvalue weighted by Crippen LogP contribution is -2.34. The normalized spacial score (nSPS) is 14.7. The van der Waals surface area contributed by atoms with Crippen LogP contribution in [0.25, 0.3) is 0 Å². The Kier molecular flexibility index (Phi) is 5.51. The molecule has 0 aromatic heterocycles. The number of nitrogens with one attached hydrogen (secondary N) is 1. The second kappa shape index (κ2) is 7.38. The summed E-state index contributed by atoms with van der Waals surface area (Å²) in [4.78, 5) is 25.9. The van der Waals surface area contributed by atoms with Crippen molar-refractivity contribution in [3.8, 4) is 0 Å². The summed E-state index contributed by atoms with van der Waals surface area (Å²) in [6.07, 6.45) is 0.950. The highest BCUT2D eigenvalue weighted by Crippen LogP contribution is 2.26. The van der Waals surface area contributed by atoms with Gasteiger partial charge in [-0.05, 0) is 31.0 Å². The van der Waals surface area contributed by atoms with Gasteiger partial charge in [-0.15, -0.1) is 0 Å². The van der Waals surface area contributed by atoms with Crippen LogP contribution < -0.4 is 10.2 Å². The third-order valence-corrected chi connectivity index (χ3v) is 3.79. The van der Waals surface area contributed by atoms with Gasteiger partial charge in [0, 0.05) is 38.4 Å². The predicted octanol–water partition coefficient (Wildman–Crippen LogP) is 1.47. The molecule has 1 aliphatic rings. The fraction of sp³-hybridized carbons (Fsp3) is 0.500. The highest BCUT2D eigenvalue weighted by atomic mass is 16.7. The van der Waals surface area contributed by atoms with Crippen molar-refractivity contribution < 1.29 is 19.1 Å². The zero-order valence-corrected chi connectivity index (χ0v) is 13.2. The van der Waals surface area contributed by atoms with E-state index < -0.39 is 6.29 Å². The van der Waals surface area contributed by atoms with Crippen LogP contribution in [0.15, 0.2) is 18.2 Å². The van der Waals surface area contributed by atoms with Crippen molar-refractivity contribution in [3.63, 3.8) is 0 Å². The molecule has 2 amide bonds. The van der Waals surface area contributed by atoms with Gasteiger partial charge in [0.25, 0.3) is 5.91 Å². The van der Waals surface area contributed by atoms with Gasteiger partial charge in [-0.25, -0.2) is 0 Å². The van der Waals surface area contributed by atoms with Gasteiger partial charge in [-0.3, -0.25) is 9.59 Å². The molecule has 1 heterocycles. The quantitative estimate of drug-likeness (QED) is 0.808. The van der Waals surface area contributed by atoms with Crippen molar-refractivity contribution in [3.05, 3.63) is 29.3 Å². The molecule has 22 heavy (non-hydrogen) atoms. The van der Waals surface area contributed by atoms with Crippen LogP contribution in [0.1, 0.15) is 28.8 Å². The summed E-state index contributed by atoms with van der Waals surface area (Å²) in [5, 5.41) is 2.76. The van der Waals surface area contributed by atoms with E-state index in [9.17, 15) is 9.59 Å². The predicted molar refractivity (Wildman–Crippen MR) is 82.9 cm³/mol. The third-order valence-electron chi connectivity index (χ3n) is 3.79. The van der Waals surface area contributed by atoms with E-state index in [2.05, 4.69) is 5.32 Å². The summed E-state index contributed by atoms with van der Waals surface area (Å²) in [6.45, 7) is 2.91. The fourth-order valence-corrected chi connectivity index (χ4v) is 2.49. The van der Waals surface area contributed by atoms with Gasteiger partial charge in [-0.1, -0.05) is 6.07 Å². The van der Waals surface area contributed by atoms with Crippen LogP contribution in [0.2, 0.25) is 0 Å².